The number of carbonyl (C=O) groups excluding carboxylic acids is 1. The Morgan fingerprint density at radius 2 is 1.65 bits per heavy atom. The van der Waals surface area contributed by atoms with Crippen molar-refractivity contribution in [1.82, 2.24) is 5.43 Å². The molecule has 2 rings (SSSR count). The molecule has 0 aromatic heterocycles. The third kappa shape index (κ3) is 4.00. The molecule has 6 nitrogen and oxygen atoms in total. The van der Waals surface area contributed by atoms with Crippen molar-refractivity contribution in [2.45, 2.75) is 19.8 Å². The lowest BCUT2D eigenvalue weighted by Gasteiger charge is -2.05. The van der Waals surface area contributed by atoms with Gasteiger partial charge < -0.3 is 15.3 Å². The van der Waals surface area contributed by atoms with Crippen LogP contribution in [-0.2, 0) is 0 Å². The van der Waals surface area contributed by atoms with Crippen molar-refractivity contribution in [2.24, 2.45) is 5.10 Å². The second kappa shape index (κ2) is 6.83. The summed E-state index contributed by atoms with van der Waals surface area (Å²) in [7, 11) is 0. The van der Waals surface area contributed by atoms with Crippen LogP contribution < -0.4 is 5.43 Å². The fourth-order valence-electron chi connectivity index (χ4n) is 1.93. The minimum absolute atomic E-state index is 0.0231. The summed E-state index contributed by atoms with van der Waals surface area (Å²) in [6, 6.07) is 9.84. The summed E-state index contributed by atoms with van der Waals surface area (Å²) in [6.07, 6.45) is 1.49. The number of hydrogen-bond acceptors (Lipinski definition) is 5. The van der Waals surface area contributed by atoms with Gasteiger partial charge in [-0.3, -0.25) is 4.79 Å². The van der Waals surface area contributed by atoms with Crippen molar-refractivity contribution in [3.05, 3.63) is 53.1 Å². The Bertz CT molecular complexity index is 714. The number of nitrogens with one attached hydrogen (secondary N) is 1. The number of nitrogens with zero attached hydrogens (tertiary/aromatic N) is 1. The molecule has 0 aliphatic carbocycles. The minimum atomic E-state index is -0.671. The molecular weight excluding hydrogens is 296 g/mol. The first kappa shape index (κ1) is 16.4. The van der Waals surface area contributed by atoms with E-state index in [1.165, 1.54) is 11.8 Å². The molecule has 0 atom stereocenters. The van der Waals surface area contributed by atoms with Gasteiger partial charge in [0.25, 0.3) is 5.91 Å². The standard InChI is InChI=1S/C17H18N2O4/c1-10(2)12-5-3-11(4-6-12)9-18-19-17(23)13-7-14(20)16(22)15(21)8-13/h3-10,20-22H,1-2H3,(H,19,23). The first-order valence-corrected chi connectivity index (χ1v) is 7.06. The number of phenols is 3. The molecule has 0 saturated carbocycles. The Kier molecular flexibility index (Phi) is 4.85. The minimum Gasteiger partial charge on any atom is -0.504 e. The van der Waals surface area contributed by atoms with Crippen molar-refractivity contribution in [1.29, 1.82) is 0 Å². The Morgan fingerprint density at radius 1 is 1.09 bits per heavy atom. The maximum atomic E-state index is 11.9. The van der Waals surface area contributed by atoms with Gasteiger partial charge in [-0.2, -0.15) is 5.10 Å². The fraction of sp³-hybridized carbons (Fsp3) is 0.176. The Labute approximate surface area is 133 Å². The predicted octanol–water partition coefficient (Wildman–Crippen LogP) is 2.69. The molecule has 2 aromatic rings. The summed E-state index contributed by atoms with van der Waals surface area (Å²) >= 11 is 0. The van der Waals surface area contributed by atoms with Crippen LogP contribution in [0.4, 0.5) is 0 Å². The highest BCUT2D eigenvalue weighted by Gasteiger charge is 2.12. The Hall–Kier alpha value is -3.02. The Balaban J connectivity index is 2.04. The molecule has 2 aromatic carbocycles. The van der Waals surface area contributed by atoms with E-state index in [4.69, 9.17) is 0 Å². The molecule has 0 heterocycles. The molecule has 0 radical (unpaired) electrons. The smallest absolute Gasteiger partial charge is 0.271 e. The number of benzene rings is 2. The zero-order valence-corrected chi connectivity index (χ0v) is 12.8. The van der Waals surface area contributed by atoms with Crippen molar-refractivity contribution in [3.63, 3.8) is 0 Å². The van der Waals surface area contributed by atoms with Gasteiger partial charge >= 0.3 is 0 Å². The van der Waals surface area contributed by atoms with E-state index in [1.807, 2.05) is 24.3 Å². The molecule has 4 N–H and O–H groups in total. The average Bonchev–Trinajstić information content (AvgIpc) is 2.52. The molecule has 0 bridgehead atoms. The van der Waals surface area contributed by atoms with Gasteiger partial charge in [0.2, 0.25) is 0 Å². The van der Waals surface area contributed by atoms with Crippen LogP contribution in [0.3, 0.4) is 0 Å². The van der Waals surface area contributed by atoms with E-state index in [-0.39, 0.29) is 5.56 Å². The van der Waals surface area contributed by atoms with E-state index in [2.05, 4.69) is 24.4 Å². The summed E-state index contributed by atoms with van der Waals surface area (Å²) in [5, 5.41) is 31.8. The molecule has 0 aliphatic rings. The average molecular weight is 314 g/mol. The summed E-state index contributed by atoms with van der Waals surface area (Å²) in [5.74, 6) is -2.01. The van der Waals surface area contributed by atoms with E-state index >= 15 is 0 Å². The third-order valence-corrected chi connectivity index (χ3v) is 3.31. The first-order valence-electron chi connectivity index (χ1n) is 7.06. The number of carbonyl (C=O) groups is 1. The molecule has 0 spiro atoms. The lowest BCUT2D eigenvalue weighted by molar-refractivity contribution is 0.0954. The van der Waals surface area contributed by atoms with Gasteiger partial charge in [-0.1, -0.05) is 38.1 Å². The van der Waals surface area contributed by atoms with Crippen LogP contribution in [0.25, 0.3) is 0 Å². The molecule has 0 aliphatic heterocycles. The van der Waals surface area contributed by atoms with E-state index in [9.17, 15) is 20.1 Å². The van der Waals surface area contributed by atoms with E-state index in [0.717, 1.165) is 17.7 Å². The van der Waals surface area contributed by atoms with Crippen molar-refractivity contribution in [2.75, 3.05) is 0 Å². The topological polar surface area (TPSA) is 102 Å². The van der Waals surface area contributed by atoms with Crippen LogP contribution in [0.2, 0.25) is 0 Å². The van der Waals surface area contributed by atoms with Crippen LogP contribution in [0, 0.1) is 0 Å². The van der Waals surface area contributed by atoms with E-state index < -0.39 is 23.2 Å². The molecule has 6 heteroatoms. The summed E-state index contributed by atoms with van der Waals surface area (Å²) in [5.41, 5.74) is 4.30. The second-order valence-electron chi connectivity index (χ2n) is 5.38. The predicted molar refractivity (Wildman–Crippen MR) is 87.0 cm³/mol. The number of rotatable bonds is 4. The highest BCUT2D eigenvalue weighted by atomic mass is 16.3. The summed E-state index contributed by atoms with van der Waals surface area (Å²) < 4.78 is 0. The van der Waals surface area contributed by atoms with Gasteiger partial charge in [0.05, 0.1) is 6.21 Å². The SMILES string of the molecule is CC(C)c1ccc(C=NNC(=O)c2cc(O)c(O)c(O)c2)cc1. The van der Waals surface area contributed by atoms with Crippen LogP contribution in [0.15, 0.2) is 41.5 Å². The zero-order valence-electron chi connectivity index (χ0n) is 12.8. The van der Waals surface area contributed by atoms with Crippen LogP contribution in [-0.4, -0.2) is 27.4 Å². The van der Waals surface area contributed by atoms with Crippen molar-refractivity contribution >= 4 is 12.1 Å². The first-order chi connectivity index (χ1) is 10.9. The fourth-order valence-corrected chi connectivity index (χ4v) is 1.93. The molecule has 120 valence electrons. The van der Waals surface area contributed by atoms with Gasteiger partial charge in [-0.05, 0) is 29.2 Å². The largest absolute Gasteiger partial charge is 0.504 e. The highest BCUT2D eigenvalue weighted by Crippen LogP contribution is 2.35. The van der Waals surface area contributed by atoms with Gasteiger partial charge in [-0.25, -0.2) is 5.43 Å². The monoisotopic (exact) mass is 314 g/mol. The number of hydrazone groups is 1. The van der Waals surface area contributed by atoms with Crippen molar-refractivity contribution in [3.8, 4) is 17.2 Å². The lowest BCUT2D eigenvalue weighted by atomic mass is 10.0. The van der Waals surface area contributed by atoms with Gasteiger partial charge in [0.1, 0.15) is 0 Å². The number of phenolic OH excluding ortho intramolecular Hbond substituents is 3. The van der Waals surface area contributed by atoms with Crippen LogP contribution >= 0.6 is 0 Å². The van der Waals surface area contributed by atoms with Crippen molar-refractivity contribution < 1.29 is 20.1 Å². The molecule has 1 amide bonds. The van der Waals surface area contributed by atoms with Gasteiger partial charge in [0, 0.05) is 5.56 Å². The quantitative estimate of drug-likeness (QED) is 0.396. The van der Waals surface area contributed by atoms with Gasteiger partial charge in [-0.15, -0.1) is 0 Å². The molecular formula is C17H18N2O4. The van der Waals surface area contributed by atoms with Gasteiger partial charge in [0.15, 0.2) is 17.2 Å². The zero-order chi connectivity index (χ0) is 17.0. The normalized spacial score (nSPS) is 11.1. The second-order valence-corrected chi connectivity index (χ2v) is 5.38. The van der Waals surface area contributed by atoms with E-state index in [0.29, 0.717) is 5.92 Å². The maximum absolute atomic E-state index is 11.9. The molecule has 23 heavy (non-hydrogen) atoms. The number of aromatic hydroxyl groups is 3. The number of hydrogen-bond donors (Lipinski definition) is 4. The highest BCUT2D eigenvalue weighted by molar-refractivity contribution is 5.96. The Morgan fingerprint density at radius 3 is 2.17 bits per heavy atom. The summed E-state index contributed by atoms with van der Waals surface area (Å²) in [6.45, 7) is 4.21. The molecule has 0 fully saturated rings. The van der Waals surface area contributed by atoms with E-state index in [1.54, 1.807) is 0 Å². The molecule has 0 unspecified atom stereocenters. The molecule has 0 saturated heterocycles. The third-order valence-electron chi connectivity index (χ3n) is 3.31. The van der Waals surface area contributed by atoms with Crippen LogP contribution in [0.1, 0.15) is 41.3 Å². The summed E-state index contributed by atoms with van der Waals surface area (Å²) in [4.78, 5) is 11.9. The lowest BCUT2D eigenvalue weighted by Crippen LogP contribution is -2.17. The maximum Gasteiger partial charge on any atom is 0.271 e. The number of amides is 1. The van der Waals surface area contributed by atoms with Crippen LogP contribution in [0.5, 0.6) is 17.2 Å².